The molecule has 2 aliphatic rings. The summed E-state index contributed by atoms with van der Waals surface area (Å²) in [6.45, 7) is 11.3. The first-order valence-corrected chi connectivity index (χ1v) is 14.2. The number of ether oxygens (including phenoxy) is 2. The summed E-state index contributed by atoms with van der Waals surface area (Å²) in [5.74, 6) is 7.66. The van der Waals surface area contributed by atoms with Gasteiger partial charge in [0.1, 0.15) is 16.7 Å². The smallest absolute Gasteiger partial charge is 0.247 e. The highest BCUT2D eigenvalue weighted by molar-refractivity contribution is 7.89. The molecule has 3 atom stereocenters. The Morgan fingerprint density at radius 2 is 1.91 bits per heavy atom. The fraction of sp³-hybridized carbons (Fsp3) is 0.704. The molecule has 35 heavy (non-hydrogen) atoms. The second kappa shape index (κ2) is 12.6. The minimum absolute atomic E-state index is 0.0697. The van der Waals surface area contributed by atoms with Crippen LogP contribution in [0.25, 0.3) is 0 Å². The highest BCUT2D eigenvalue weighted by Gasteiger charge is 2.38. The molecule has 8 heteroatoms. The van der Waals surface area contributed by atoms with E-state index in [2.05, 4.69) is 37.6 Å². The van der Waals surface area contributed by atoms with E-state index in [9.17, 15) is 13.5 Å². The lowest BCUT2D eigenvalue weighted by molar-refractivity contribution is 0.0402. The molecule has 0 aromatic heterocycles. The molecule has 7 nitrogen and oxygen atoms in total. The molecule has 0 bridgehead atoms. The van der Waals surface area contributed by atoms with Gasteiger partial charge < -0.3 is 19.5 Å². The summed E-state index contributed by atoms with van der Waals surface area (Å²) in [6.07, 6.45) is 2.69. The first kappa shape index (κ1) is 27.9. The third-order valence-electron chi connectivity index (χ3n) is 6.81. The predicted octanol–water partition coefficient (Wildman–Crippen LogP) is 3.21. The second-order valence-electron chi connectivity index (χ2n) is 10.6. The maximum Gasteiger partial charge on any atom is 0.247 e. The molecular weight excluding hydrogens is 464 g/mol. The van der Waals surface area contributed by atoms with Gasteiger partial charge in [0, 0.05) is 56.8 Å². The van der Waals surface area contributed by atoms with E-state index in [1.807, 2.05) is 6.92 Å². The molecule has 1 fully saturated rings. The van der Waals surface area contributed by atoms with Crippen molar-refractivity contribution in [2.75, 3.05) is 46.5 Å². The van der Waals surface area contributed by atoms with E-state index in [-0.39, 0.29) is 30.1 Å². The summed E-state index contributed by atoms with van der Waals surface area (Å²) in [5.41, 5.74) is 0.740. The number of hydrogen-bond donors (Lipinski definition) is 1. The normalized spacial score (nSPS) is 24.1. The minimum atomic E-state index is -3.84. The summed E-state index contributed by atoms with van der Waals surface area (Å²) in [4.78, 5) is 2.43. The molecule has 1 saturated heterocycles. The van der Waals surface area contributed by atoms with Crippen LogP contribution in [0.15, 0.2) is 23.1 Å². The number of fused-ring (bicyclic) bond motifs is 1. The quantitative estimate of drug-likeness (QED) is 0.572. The Bertz CT molecular complexity index is 995. The fourth-order valence-corrected chi connectivity index (χ4v) is 6.46. The van der Waals surface area contributed by atoms with E-state index in [1.54, 1.807) is 25.1 Å². The van der Waals surface area contributed by atoms with Crippen LogP contribution in [0.1, 0.15) is 52.5 Å². The van der Waals surface area contributed by atoms with E-state index >= 15 is 0 Å². The van der Waals surface area contributed by atoms with Crippen LogP contribution in [-0.2, 0) is 14.8 Å². The van der Waals surface area contributed by atoms with Crippen LogP contribution in [0.4, 0.5) is 0 Å². The lowest BCUT2D eigenvalue weighted by Crippen LogP contribution is -2.50. The first-order valence-electron chi connectivity index (χ1n) is 12.8. The molecule has 0 unspecified atom stereocenters. The van der Waals surface area contributed by atoms with E-state index in [4.69, 9.17) is 9.47 Å². The number of likely N-dealkylation sites (N-methyl/N-ethyl adjacent to an activating group) is 1. The van der Waals surface area contributed by atoms with Crippen LogP contribution in [0.5, 0.6) is 5.75 Å². The van der Waals surface area contributed by atoms with Gasteiger partial charge in [0.25, 0.3) is 0 Å². The van der Waals surface area contributed by atoms with Gasteiger partial charge in [-0.25, -0.2) is 8.42 Å². The minimum Gasteiger partial charge on any atom is -0.487 e. The molecule has 3 rings (SSSR count). The molecule has 0 spiro atoms. The van der Waals surface area contributed by atoms with Crippen LogP contribution >= 0.6 is 0 Å². The lowest BCUT2D eigenvalue weighted by atomic mass is 9.98. The maximum absolute atomic E-state index is 13.6. The Morgan fingerprint density at radius 1 is 1.20 bits per heavy atom. The number of rotatable bonds is 7. The zero-order valence-corrected chi connectivity index (χ0v) is 22.7. The number of hydrogen-bond acceptors (Lipinski definition) is 6. The fourth-order valence-electron chi connectivity index (χ4n) is 4.63. The van der Waals surface area contributed by atoms with Gasteiger partial charge in [-0.2, -0.15) is 4.31 Å². The monoisotopic (exact) mass is 506 g/mol. The second-order valence-corrected chi connectivity index (χ2v) is 12.4. The molecule has 1 aromatic carbocycles. The van der Waals surface area contributed by atoms with Gasteiger partial charge >= 0.3 is 0 Å². The maximum atomic E-state index is 13.6. The van der Waals surface area contributed by atoms with Gasteiger partial charge in [-0.15, -0.1) is 0 Å². The Balaban J connectivity index is 1.92. The van der Waals surface area contributed by atoms with Crippen molar-refractivity contribution in [3.8, 4) is 17.6 Å². The molecule has 0 radical (unpaired) electrons. The number of aliphatic hydroxyl groups is 1. The average Bonchev–Trinajstić information content (AvgIpc) is 2.81. The zero-order valence-electron chi connectivity index (χ0n) is 21.9. The van der Waals surface area contributed by atoms with Crippen LogP contribution in [0, 0.1) is 29.6 Å². The highest BCUT2D eigenvalue weighted by Crippen LogP contribution is 2.34. The van der Waals surface area contributed by atoms with Gasteiger partial charge in [-0.3, -0.25) is 0 Å². The van der Waals surface area contributed by atoms with Gasteiger partial charge in [-0.1, -0.05) is 32.6 Å². The van der Waals surface area contributed by atoms with Crippen molar-refractivity contribution >= 4 is 10.0 Å². The standard InChI is InChI=1S/C27H42N2O5S/c1-20(2)7-6-8-23-9-10-27-25(15-23)34-26(18-28(5)17-24-11-13-33-14-12-24)21(3)16-29(22(4)19-30)35(27,31)32/h9-10,15,20-22,24,26,30H,7,11-14,16-19H2,1-5H3/t21-,22-,26-/m1/s1. The highest BCUT2D eigenvalue weighted by atomic mass is 32.2. The van der Waals surface area contributed by atoms with Crippen LogP contribution in [0.2, 0.25) is 0 Å². The van der Waals surface area contributed by atoms with Gasteiger partial charge in [-0.05, 0) is 56.8 Å². The average molecular weight is 507 g/mol. The topological polar surface area (TPSA) is 79.3 Å². The van der Waals surface area contributed by atoms with E-state index in [0.29, 0.717) is 24.1 Å². The molecular formula is C27H42N2O5S. The van der Waals surface area contributed by atoms with E-state index in [0.717, 1.165) is 44.6 Å². The summed E-state index contributed by atoms with van der Waals surface area (Å²) in [6, 6.07) is 4.57. The van der Waals surface area contributed by atoms with Crippen molar-refractivity contribution < 1.29 is 23.0 Å². The molecule has 196 valence electrons. The third kappa shape index (κ3) is 7.43. The molecule has 0 saturated carbocycles. The van der Waals surface area contributed by atoms with Crippen molar-refractivity contribution in [3.05, 3.63) is 23.8 Å². The summed E-state index contributed by atoms with van der Waals surface area (Å²) < 4.78 is 40.6. The molecule has 2 heterocycles. The van der Waals surface area contributed by atoms with Crippen molar-refractivity contribution in [2.24, 2.45) is 17.8 Å². The predicted molar refractivity (Wildman–Crippen MR) is 138 cm³/mol. The van der Waals surface area contributed by atoms with E-state index < -0.39 is 16.1 Å². The molecule has 1 aromatic rings. The number of nitrogens with zero attached hydrogens (tertiary/aromatic N) is 2. The third-order valence-corrected chi connectivity index (χ3v) is 8.83. The molecule has 0 aliphatic carbocycles. The van der Waals surface area contributed by atoms with Crippen molar-refractivity contribution in [3.63, 3.8) is 0 Å². The Hall–Kier alpha value is -1.63. The number of aliphatic hydroxyl groups excluding tert-OH is 1. The van der Waals surface area contributed by atoms with Gasteiger partial charge in [0.2, 0.25) is 10.0 Å². The molecule has 0 amide bonds. The Morgan fingerprint density at radius 3 is 2.57 bits per heavy atom. The van der Waals surface area contributed by atoms with Gasteiger partial charge in [0.05, 0.1) is 6.61 Å². The SMILES string of the molecule is CC(C)CC#Cc1ccc2c(c1)O[C@H](CN(C)CC1CCOCC1)[C@H](C)CN([C@H](C)CO)S2(=O)=O. The number of benzene rings is 1. The van der Waals surface area contributed by atoms with Gasteiger partial charge in [0.15, 0.2) is 0 Å². The summed E-state index contributed by atoms with van der Waals surface area (Å²) in [7, 11) is -1.74. The molecule has 1 N–H and O–H groups in total. The van der Waals surface area contributed by atoms with Crippen LogP contribution in [0.3, 0.4) is 0 Å². The lowest BCUT2D eigenvalue weighted by Gasteiger charge is -2.38. The van der Waals surface area contributed by atoms with Crippen molar-refractivity contribution in [1.29, 1.82) is 0 Å². The summed E-state index contributed by atoms with van der Waals surface area (Å²) in [5, 5.41) is 9.82. The first-order chi connectivity index (χ1) is 16.6. The van der Waals surface area contributed by atoms with Crippen LogP contribution in [-0.4, -0.2) is 81.4 Å². The van der Waals surface area contributed by atoms with E-state index in [1.165, 1.54) is 4.31 Å². The molecule has 2 aliphatic heterocycles. The Kier molecular flexibility index (Phi) is 10.0. The number of sulfonamides is 1. The Labute approximate surface area is 211 Å². The zero-order chi connectivity index (χ0) is 25.6. The van der Waals surface area contributed by atoms with Crippen LogP contribution < -0.4 is 4.74 Å². The summed E-state index contributed by atoms with van der Waals surface area (Å²) >= 11 is 0. The van der Waals surface area contributed by atoms with Crippen molar-refractivity contribution in [1.82, 2.24) is 9.21 Å². The largest absolute Gasteiger partial charge is 0.487 e. The van der Waals surface area contributed by atoms with Crippen molar-refractivity contribution in [2.45, 2.75) is 64.0 Å².